The molecule has 5 nitrogen and oxygen atoms in total. The van der Waals surface area contributed by atoms with Crippen LogP contribution in [0.15, 0.2) is 24.3 Å². The number of benzene rings is 1. The Morgan fingerprint density at radius 3 is 2.47 bits per heavy atom. The van der Waals surface area contributed by atoms with Crippen molar-refractivity contribution in [3.05, 3.63) is 30.1 Å². The van der Waals surface area contributed by atoms with Crippen molar-refractivity contribution in [2.45, 2.75) is 26.6 Å². The molecule has 0 spiro atoms. The van der Waals surface area contributed by atoms with Crippen molar-refractivity contribution in [2.24, 2.45) is 7.05 Å². The molecule has 5 heteroatoms. The van der Waals surface area contributed by atoms with Gasteiger partial charge in [-0.15, -0.1) is 0 Å². The van der Waals surface area contributed by atoms with Crippen LogP contribution < -0.4 is 4.74 Å². The summed E-state index contributed by atoms with van der Waals surface area (Å²) in [5, 5.41) is 4.37. The zero-order chi connectivity index (χ0) is 13.8. The van der Waals surface area contributed by atoms with Gasteiger partial charge >= 0.3 is 0 Å². The Labute approximate surface area is 113 Å². The van der Waals surface area contributed by atoms with Gasteiger partial charge in [0.2, 0.25) is 0 Å². The first kappa shape index (κ1) is 13.5. The molecule has 1 aromatic heterocycles. The van der Waals surface area contributed by atoms with Crippen LogP contribution >= 0.6 is 0 Å². The molecule has 0 aliphatic carbocycles. The summed E-state index contributed by atoms with van der Waals surface area (Å²) in [6.45, 7) is 4.47. The van der Waals surface area contributed by atoms with Crippen LogP contribution in [-0.4, -0.2) is 28.0 Å². The molecular formula is C14H19N3O2. The second-order valence-electron chi connectivity index (χ2n) is 4.60. The molecule has 0 amide bonds. The Bertz CT molecular complexity index is 532. The van der Waals surface area contributed by atoms with Gasteiger partial charge in [0.05, 0.1) is 6.10 Å². The van der Waals surface area contributed by atoms with Gasteiger partial charge in [-0.25, -0.2) is 4.98 Å². The summed E-state index contributed by atoms with van der Waals surface area (Å²) in [4.78, 5) is 4.45. The van der Waals surface area contributed by atoms with Gasteiger partial charge in [0.25, 0.3) is 0 Å². The van der Waals surface area contributed by atoms with E-state index in [0.717, 1.165) is 17.1 Å². The number of aryl methyl sites for hydroxylation is 1. The van der Waals surface area contributed by atoms with Crippen molar-refractivity contribution in [2.75, 3.05) is 7.11 Å². The first-order valence-electron chi connectivity index (χ1n) is 6.26. The highest BCUT2D eigenvalue weighted by atomic mass is 16.5. The monoisotopic (exact) mass is 261 g/mol. The van der Waals surface area contributed by atoms with Gasteiger partial charge in [0.1, 0.15) is 12.4 Å². The second kappa shape index (κ2) is 5.84. The third-order valence-corrected chi connectivity index (χ3v) is 2.61. The van der Waals surface area contributed by atoms with Gasteiger partial charge < -0.3 is 9.47 Å². The van der Waals surface area contributed by atoms with E-state index >= 15 is 0 Å². The molecule has 0 radical (unpaired) electrons. The van der Waals surface area contributed by atoms with Crippen LogP contribution in [0.5, 0.6) is 5.75 Å². The van der Waals surface area contributed by atoms with Crippen LogP contribution in [0, 0.1) is 0 Å². The zero-order valence-corrected chi connectivity index (χ0v) is 11.8. The predicted octanol–water partition coefficient (Wildman–Crippen LogP) is 2.42. The molecule has 1 aromatic carbocycles. The largest absolute Gasteiger partial charge is 0.491 e. The second-order valence-corrected chi connectivity index (χ2v) is 4.60. The molecule has 19 heavy (non-hydrogen) atoms. The quantitative estimate of drug-likeness (QED) is 0.829. The summed E-state index contributed by atoms with van der Waals surface area (Å²) in [7, 11) is 3.51. The standard InChI is InChI=1S/C14H19N3O2/c1-10(2)19-12-7-5-11(6-8-12)14-15-13(9-18-4)17(3)16-14/h5-8,10H,9H2,1-4H3. The number of hydrogen-bond acceptors (Lipinski definition) is 4. The van der Waals surface area contributed by atoms with Crippen LogP contribution in [0.25, 0.3) is 11.4 Å². The molecule has 0 saturated carbocycles. The lowest BCUT2D eigenvalue weighted by atomic mass is 10.2. The first-order valence-corrected chi connectivity index (χ1v) is 6.26. The SMILES string of the molecule is COCc1nc(-c2ccc(OC(C)C)cc2)nn1C. The van der Waals surface area contributed by atoms with Crippen molar-refractivity contribution in [1.29, 1.82) is 0 Å². The molecule has 0 saturated heterocycles. The maximum absolute atomic E-state index is 5.61. The average Bonchev–Trinajstić information content (AvgIpc) is 2.72. The molecule has 1 heterocycles. The normalized spacial score (nSPS) is 11.0. The Morgan fingerprint density at radius 2 is 1.89 bits per heavy atom. The van der Waals surface area contributed by atoms with Crippen LogP contribution in [0.4, 0.5) is 0 Å². The van der Waals surface area contributed by atoms with Crippen LogP contribution in [0.3, 0.4) is 0 Å². The van der Waals surface area contributed by atoms with Gasteiger partial charge in [-0.2, -0.15) is 5.10 Å². The summed E-state index contributed by atoms with van der Waals surface area (Å²) in [5.41, 5.74) is 0.967. The van der Waals surface area contributed by atoms with Gasteiger partial charge in [-0.1, -0.05) is 0 Å². The van der Waals surface area contributed by atoms with Crippen molar-refractivity contribution >= 4 is 0 Å². The van der Waals surface area contributed by atoms with Crippen LogP contribution in [0.1, 0.15) is 19.7 Å². The number of hydrogen-bond donors (Lipinski definition) is 0. The van der Waals surface area contributed by atoms with Gasteiger partial charge in [-0.3, -0.25) is 4.68 Å². The third-order valence-electron chi connectivity index (χ3n) is 2.61. The minimum Gasteiger partial charge on any atom is -0.491 e. The fourth-order valence-corrected chi connectivity index (χ4v) is 1.75. The fraction of sp³-hybridized carbons (Fsp3) is 0.429. The van der Waals surface area contributed by atoms with Crippen LogP contribution in [0.2, 0.25) is 0 Å². The molecule has 2 aromatic rings. The van der Waals surface area contributed by atoms with E-state index in [4.69, 9.17) is 9.47 Å². The molecule has 0 aliphatic heterocycles. The Morgan fingerprint density at radius 1 is 1.21 bits per heavy atom. The highest BCUT2D eigenvalue weighted by Crippen LogP contribution is 2.20. The Kier molecular flexibility index (Phi) is 4.16. The van der Waals surface area contributed by atoms with Crippen molar-refractivity contribution in [1.82, 2.24) is 14.8 Å². The molecule has 0 atom stereocenters. The number of ether oxygens (including phenoxy) is 2. The molecule has 2 rings (SSSR count). The smallest absolute Gasteiger partial charge is 0.181 e. The van der Waals surface area contributed by atoms with E-state index in [9.17, 15) is 0 Å². The molecule has 0 aliphatic rings. The molecular weight excluding hydrogens is 242 g/mol. The van der Waals surface area contributed by atoms with E-state index in [1.807, 2.05) is 45.2 Å². The molecule has 102 valence electrons. The lowest BCUT2D eigenvalue weighted by Gasteiger charge is -2.09. The predicted molar refractivity (Wildman–Crippen MR) is 72.9 cm³/mol. The first-order chi connectivity index (χ1) is 9.10. The molecule has 0 N–H and O–H groups in total. The number of nitrogens with zero attached hydrogens (tertiary/aromatic N) is 3. The van der Waals surface area contributed by atoms with Gasteiger partial charge in [0.15, 0.2) is 11.6 Å². The Hall–Kier alpha value is -1.88. The summed E-state index contributed by atoms with van der Waals surface area (Å²) < 4.78 is 12.4. The van der Waals surface area contributed by atoms with E-state index in [-0.39, 0.29) is 6.10 Å². The zero-order valence-electron chi connectivity index (χ0n) is 11.8. The minimum atomic E-state index is 0.173. The summed E-state index contributed by atoms with van der Waals surface area (Å²) in [5.74, 6) is 2.36. The highest BCUT2D eigenvalue weighted by molar-refractivity contribution is 5.55. The van der Waals surface area contributed by atoms with Crippen LogP contribution in [-0.2, 0) is 18.4 Å². The highest BCUT2D eigenvalue weighted by Gasteiger charge is 2.09. The number of methoxy groups -OCH3 is 1. The van der Waals surface area contributed by atoms with E-state index in [2.05, 4.69) is 10.1 Å². The van der Waals surface area contributed by atoms with E-state index in [1.54, 1.807) is 11.8 Å². The lowest BCUT2D eigenvalue weighted by molar-refractivity contribution is 0.174. The van der Waals surface area contributed by atoms with E-state index in [0.29, 0.717) is 12.4 Å². The maximum Gasteiger partial charge on any atom is 0.181 e. The number of aromatic nitrogens is 3. The van der Waals surface area contributed by atoms with E-state index in [1.165, 1.54) is 0 Å². The summed E-state index contributed by atoms with van der Waals surface area (Å²) in [6.07, 6.45) is 0.173. The average molecular weight is 261 g/mol. The maximum atomic E-state index is 5.61. The molecule has 0 unspecified atom stereocenters. The van der Waals surface area contributed by atoms with Crippen molar-refractivity contribution in [3.63, 3.8) is 0 Å². The van der Waals surface area contributed by atoms with Crippen molar-refractivity contribution in [3.8, 4) is 17.1 Å². The van der Waals surface area contributed by atoms with Gasteiger partial charge in [0, 0.05) is 19.7 Å². The fourth-order valence-electron chi connectivity index (χ4n) is 1.75. The lowest BCUT2D eigenvalue weighted by Crippen LogP contribution is -2.05. The summed E-state index contributed by atoms with van der Waals surface area (Å²) >= 11 is 0. The molecule has 0 fully saturated rings. The topological polar surface area (TPSA) is 49.2 Å². The minimum absolute atomic E-state index is 0.173. The van der Waals surface area contributed by atoms with E-state index < -0.39 is 0 Å². The van der Waals surface area contributed by atoms with Gasteiger partial charge in [-0.05, 0) is 38.1 Å². The Balaban J connectivity index is 2.19. The summed E-state index contributed by atoms with van der Waals surface area (Å²) in [6, 6.07) is 7.79. The third kappa shape index (κ3) is 3.32. The van der Waals surface area contributed by atoms with Crippen molar-refractivity contribution < 1.29 is 9.47 Å². The number of rotatable bonds is 5. The molecule has 0 bridgehead atoms.